The van der Waals surface area contributed by atoms with Crippen LogP contribution in [-0.2, 0) is 16.4 Å². The summed E-state index contributed by atoms with van der Waals surface area (Å²) in [5, 5.41) is 9.78. The van der Waals surface area contributed by atoms with Gasteiger partial charge in [-0.3, -0.25) is 0 Å². The Bertz CT molecular complexity index is 750. The molecule has 124 valence electrons. The normalized spacial score (nSPS) is 12.8. The fraction of sp³-hybridized carbons (Fsp3) is 0.250. The molecular formula is C16H18ClNO4S. The predicted octanol–water partition coefficient (Wildman–Crippen LogP) is 2.23. The Kier molecular flexibility index (Phi) is 6.01. The van der Waals surface area contributed by atoms with Crippen LogP contribution in [0.2, 0.25) is 5.02 Å². The van der Waals surface area contributed by atoms with Crippen molar-refractivity contribution in [3.63, 3.8) is 0 Å². The van der Waals surface area contributed by atoms with Gasteiger partial charge >= 0.3 is 0 Å². The zero-order chi connectivity index (χ0) is 16.9. The Hall–Kier alpha value is -1.60. The minimum Gasteiger partial charge on any atom is -0.495 e. The van der Waals surface area contributed by atoms with Gasteiger partial charge in [0.2, 0.25) is 10.0 Å². The Balaban J connectivity index is 2.24. The van der Waals surface area contributed by atoms with Crippen molar-refractivity contribution in [1.29, 1.82) is 0 Å². The monoisotopic (exact) mass is 355 g/mol. The smallest absolute Gasteiger partial charge is 0.244 e. The van der Waals surface area contributed by atoms with E-state index in [2.05, 4.69) is 4.72 Å². The number of benzene rings is 2. The molecule has 1 unspecified atom stereocenters. The molecule has 2 rings (SSSR count). The van der Waals surface area contributed by atoms with Gasteiger partial charge in [0.15, 0.2) is 0 Å². The zero-order valence-electron chi connectivity index (χ0n) is 12.6. The number of ether oxygens (including phenoxy) is 1. The number of hydrogen-bond acceptors (Lipinski definition) is 4. The van der Waals surface area contributed by atoms with Crippen LogP contribution < -0.4 is 9.46 Å². The standard InChI is InChI=1S/C16H18ClNO4S/c1-22-15-8-7-13(17)10-16(15)23(20,21)18-14(11-19)9-12-5-3-2-4-6-12/h2-8,10,14,18-19H,9,11H2,1H3. The van der Waals surface area contributed by atoms with Gasteiger partial charge in [-0.15, -0.1) is 0 Å². The zero-order valence-corrected chi connectivity index (χ0v) is 14.1. The first-order valence-corrected chi connectivity index (χ1v) is 8.83. The minimum absolute atomic E-state index is 0.0565. The van der Waals surface area contributed by atoms with E-state index in [-0.39, 0.29) is 22.3 Å². The highest BCUT2D eigenvalue weighted by Crippen LogP contribution is 2.27. The molecule has 5 nitrogen and oxygen atoms in total. The summed E-state index contributed by atoms with van der Waals surface area (Å²) in [6, 6.07) is 13.0. The van der Waals surface area contributed by atoms with Gasteiger partial charge in [-0.2, -0.15) is 0 Å². The second-order valence-corrected chi connectivity index (χ2v) is 7.10. The van der Waals surface area contributed by atoms with Crippen molar-refractivity contribution < 1.29 is 18.3 Å². The molecule has 0 radical (unpaired) electrons. The summed E-state index contributed by atoms with van der Waals surface area (Å²) in [5.74, 6) is 0.193. The van der Waals surface area contributed by atoms with Crippen LogP contribution in [-0.4, -0.2) is 33.3 Å². The van der Waals surface area contributed by atoms with Crippen LogP contribution in [0.4, 0.5) is 0 Å². The van der Waals surface area contributed by atoms with E-state index in [9.17, 15) is 13.5 Å². The maximum atomic E-state index is 12.6. The van der Waals surface area contributed by atoms with E-state index in [0.717, 1.165) is 5.56 Å². The van der Waals surface area contributed by atoms with Crippen molar-refractivity contribution >= 4 is 21.6 Å². The number of hydrogen-bond donors (Lipinski definition) is 2. The van der Waals surface area contributed by atoms with Gasteiger partial charge in [0.1, 0.15) is 10.6 Å². The topological polar surface area (TPSA) is 75.6 Å². The lowest BCUT2D eigenvalue weighted by molar-refractivity contribution is 0.256. The largest absolute Gasteiger partial charge is 0.495 e. The van der Waals surface area contributed by atoms with E-state index in [4.69, 9.17) is 16.3 Å². The van der Waals surface area contributed by atoms with Crippen molar-refractivity contribution in [3.8, 4) is 5.75 Å². The molecule has 0 aliphatic heterocycles. The van der Waals surface area contributed by atoms with Gasteiger partial charge in [-0.1, -0.05) is 41.9 Å². The lowest BCUT2D eigenvalue weighted by Gasteiger charge is -2.18. The van der Waals surface area contributed by atoms with Gasteiger partial charge < -0.3 is 9.84 Å². The molecule has 0 aliphatic carbocycles. The van der Waals surface area contributed by atoms with E-state index in [1.807, 2.05) is 30.3 Å². The molecule has 0 amide bonds. The third kappa shape index (κ3) is 4.68. The summed E-state index contributed by atoms with van der Waals surface area (Å²) in [6.07, 6.45) is 0.374. The summed E-state index contributed by atoms with van der Waals surface area (Å²) >= 11 is 5.88. The predicted molar refractivity (Wildman–Crippen MR) is 89.3 cm³/mol. The summed E-state index contributed by atoms with van der Waals surface area (Å²) in [7, 11) is -2.49. The molecule has 0 aliphatic rings. The molecule has 0 saturated carbocycles. The second-order valence-electron chi connectivity index (χ2n) is 4.99. The van der Waals surface area contributed by atoms with Crippen LogP contribution >= 0.6 is 11.6 Å². The van der Waals surface area contributed by atoms with Crippen LogP contribution in [0.1, 0.15) is 5.56 Å². The second kappa shape index (κ2) is 7.79. The first-order valence-electron chi connectivity index (χ1n) is 6.97. The Morgan fingerprint density at radius 3 is 2.52 bits per heavy atom. The quantitative estimate of drug-likeness (QED) is 0.798. The number of halogens is 1. The number of methoxy groups -OCH3 is 1. The molecule has 0 spiro atoms. The highest BCUT2D eigenvalue weighted by atomic mass is 35.5. The first kappa shape index (κ1) is 17.7. The summed E-state index contributed by atoms with van der Waals surface area (Å²) < 4.78 is 32.7. The van der Waals surface area contributed by atoms with Gasteiger partial charge in [0.25, 0.3) is 0 Å². The third-order valence-electron chi connectivity index (χ3n) is 3.28. The lowest BCUT2D eigenvalue weighted by atomic mass is 10.1. The molecule has 1 atom stereocenters. The fourth-order valence-electron chi connectivity index (χ4n) is 2.19. The van der Waals surface area contributed by atoms with E-state index in [1.165, 1.54) is 19.2 Å². The van der Waals surface area contributed by atoms with Crippen LogP contribution in [0.15, 0.2) is 53.4 Å². The minimum atomic E-state index is -3.88. The van der Waals surface area contributed by atoms with Crippen molar-refractivity contribution in [2.45, 2.75) is 17.4 Å². The Morgan fingerprint density at radius 1 is 1.22 bits per heavy atom. The number of aliphatic hydroxyl groups is 1. The van der Waals surface area contributed by atoms with Crippen molar-refractivity contribution in [1.82, 2.24) is 4.72 Å². The molecule has 2 aromatic rings. The summed E-state index contributed by atoms with van der Waals surface area (Å²) in [6.45, 7) is -0.322. The van der Waals surface area contributed by atoms with Crippen LogP contribution in [0.5, 0.6) is 5.75 Å². The van der Waals surface area contributed by atoms with Crippen molar-refractivity contribution in [2.24, 2.45) is 0 Å². The van der Waals surface area contributed by atoms with E-state index >= 15 is 0 Å². The van der Waals surface area contributed by atoms with Crippen LogP contribution in [0.25, 0.3) is 0 Å². The van der Waals surface area contributed by atoms with Gasteiger partial charge in [-0.05, 0) is 30.2 Å². The number of sulfonamides is 1. The molecule has 0 heterocycles. The molecule has 0 fully saturated rings. The van der Waals surface area contributed by atoms with E-state index in [1.54, 1.807) is 6.07 Å². The first-order chi connectivity index (χ1) is 11.0. The van der Waals surface area contributed by atoms with Crippen LogP contribution in [0.3, 0.4) is 0 Å². The molecular weight excluding hydrogens is 338 g/mol. The third-order valence-corrected chi connectivity index (χ3v) is 5.06. The summed E-state index contributed by atoms with van der Waals surface area (Å²) in [4.78, 5) is -0.0565. The van der Waals surface area contributed by atoms with Crippen molar-refractivity contribution in [3.05, 3.63) is 59.1 Å². The van der Waals surface area contributed by atoms with E-state index < -0.39 is 16.1 Å². The average Bonchev–Trinajstić information content (AvgIpc) is 2.55. The van der Waals surface area contributed by atoms with Gasteiger partial charge in [0, 0.05) is 11.1 Å². The summed E-state index contributed by atoms with van der Waals surface area (Å²) in [5.41, 5.74) is 0.923. The van der Waals surface area contributed by atoms with Crippen molar-refractivity contribution in [2.75, 3.05) is 13.7 Å². The fourth-order valence-corrected chi connectivity index (χ4v) is 3.84. The SMILES string of the molecule is COc1ccc(Cl)cc1S(=O)(=O)NC(CO)Cc1ccccc1. The van der Waals surface area contributed by atoms with E-state index in [0.29, 0.717) is 6.42 Å². The van der Waals surface area contributed by atoms with Crippen LogP contribution in [0, 0.1) is 0 Å². The molecule has 23 heavy (non-hydrogen) atoms. The molecule has 0 bridgehead atoms. The molecule has 0 saturated heterocycles. The maximum absolute atomic E-state index is 12.6. The highest BCUT2D eigenvalue weighted by Gasteiger charge is 2.24. The lowest BCUT2D eigenvalue weighted by Crippen LogP contribution is -2.39. The average molecular weight is 356 g/mol. The highest BCUT2D eigenvalue weighted by molar-refractivity contribution is 7.89. The molecule has 0 aromatic heterocycles. The Labute approximate surface area is 140 Å². The number of nitrogens with one attached hydrogen (secondary N) is 1. The van der Waals surface area contributed by atoms with Gasteiger partial charge in [0.05, 0.1) is 13.7 Å². The van der Waals surface area contributed by atoms with Gasteiger partial charge in [-0.25, -0.2) is 13.1 Å². The molecule has 2 aromatic carbocycles. The Morgan fingerprint density at radius 2 is 1.91 bits per heavy atom. The molecule has 7 heteroatoms. The number of aliphatic hydroxyl groups excluding tert-OH is 1. The molecule has 2 N–H and O–H groups in total. The number of rotatable bonds is 7. The maximum Gasteiger partial charge on any atom is 0.244 e.